The van der Waals surface area contributed by atoms with Crippen molar-refractivity contribution in [3.63, 3.8) is 0 Å². The molecule has 0 bridgehead atoms. The first-order chi connectivity index (χ1) is 9.93. The van der Waals surface area contributed by atoms with Gasteiger partial charge in [-0.2, -0.15) is 10.4 Å². The lowest BCUT2D eigenvalue weighted by Gasteiger charge is -2.07. The number of rotatable bonds is 4. The fraction of sp³-hybridized carbons (Fsp3) is 0.231. The number of hydrogen-bond donors (Lipinski definition) is 0. The van der Waals surface area contributed by atoms with Crippen LogP contribution in [0.2, 0.25) is 5.02 Å². The molecule has 0 radical (unpaired) electrons. The number of nitrogens with zero attached hydrogens (tertiary/aromatic N) is 4. The molecule has 0 amide bonds. The van der Waals surface area contributed by atoms with Crippen molar-refractivity contribution in [1.82, 2.24) is 9.78 Å². The summed E-state index contributed by atoms with van der Waals surface area (Å²) in [4.78, 5) is 10.4. The van der Waals surface area contributed by atoms with E-state index < -0.39 is 4.92 Å². The van der Waals surface area contributed by atoms with E-state index in [4.69, 9.17) is 21.6 Å². The van der Waals surface area contributed by atoms with Gasteiger partial charge in [0.2, 0.25) is 0 Å². The summed E-state index contributed by atoms with van der Waals surface area (Å²) < 4.78 is 7.03. The molecule has 0 atom stereocenters. The second-order valence-corrected chi connectivity index (χ2v) is 4.69. The lowest BCUT2D eigenvalue weighted by Crippen LogP contribution is -2.05. The summed E-state index contributed by atoms with van der Waals surface area (Å²) in [5.74, 6) is 0.0777. The molecule has 0 saturated heterocycles. The first-order valence-corrected chi connectivity index (χ1v) is 6.31. The van der Waals surface area contributed by atoms with Crippen LogP contribution >= 0.6 is 11.6 Å². The SMILES string of the molecule is Cc1nn(C)c(COc2ccc(C#N)cc2[N+](=O)[O-])c1Cl. The highest BCUT2D eigenvalue weighted by Gasteiger charge is 2.18. The Hall–Kier alpha value is -2.59. The monoisotopic (exact) mass is 306 g/mol. The zero-order valence-corrected chi connectivity index (χ0v) is 12.1. The zero-order valence-electron chi connectivity index (χ0n) is 11.3. The summed E-state index contributed by atoms with van der Waals surface area (Å²) >= 11 is 6.09. The third-order valence-corrected chi connectivity index (χ3v) is 3.40. The van der Waals surface area contributed by atoms with Crippen molar-refractivity contribution < 1.29 is 9.66 Å². The number of halogens is 1. The van der Waals surface area contributed by atoms with Gasteiger partial charge in [-0.05, 0) is 19.1 Å². The summed E-state index contributed by atoms with van der Waals surface area (Å²) in [5.41, 5.74) is 1.22. The minimum atomic E-state index is -0.591. The highest BCUT2D eigenvalue weighted by molar-refractivity contribution is 6.31. The quantitative estimate of drug-likeness (QED) is 0.639. The third kappa shape index (κ3) is 2.95. The number of aromatic nitrogens is 2. The fourth-order valence-corrected chi connectivity index (χ4v) is 2.05. The van der Waals surface area contributed by atoms with Crippen molar-refractivity contribution in [1.29, 1.82) is 5.26 Å². The van der Waals surface area contributed by atoms with Crippen molar-refractivity contribution in [2.45, 2.75) is 13.5 Å². The molecule has 2 rings (SSSR count). The molecule has 0 fully saturated rings. The Kier molecular flexibility index (Phi) is 4.10. The molecular formula is C13H11ClN4O3. The van der Waals surface area contributed by atoms with Crippen LogP contribution in [0.5, 0.6) is 5.75 Å². The lowest BCUT2D eigenvalue weighted by molar-refractivity contribution is -0.386. The Morgan fingerprint density at radius 1 is 1.57 bits per heavy atom. The first kappa shape index (κ1) is 14.8. The van der Waals surface area contributed by atoms with Crippen LogP contribution in [0.3, 0.4) is 0 Å². The van der Waals surface area contributed by atoms with Gasteiger partial charge >= 0.3 is 5.69 Å². The summed E-state index contributed by atoms with van der Waals surface area (Å²) in [5, 5.41) is 24.4. The van der Waals surface area contributed by atoms with Crippen LogP contribution < -0.4 is 4.74 Å². The van der Waals surface area contributed by atoms with E-state index in [9.17, 15) is 10.1 Å². The number of ether oxygens (including phenoxy) is 1. The molecule has 0 N–H and O–H groups in total. The minimum absolute atomic E-state index is 0.0446. The Bertz CT molecular complexity index is 749. The van der Waals surface area contributed by atoms with Crippen LogP contribution in [0.4, 0.5) is 5.69 Å². The predicted octanol–water partition coefficient (Wildman–Crippen LogP) is 2.74. The van der Waals surface area contributed by atoms with Crippen LogP contribution in [0.1, 0.15) is 17.0 Å². The maximum Gasteiger partial charge on any atom is 0.312 e. The molecule has 21 heavy (non-hydrogen) atoms. The zero-order chi connectivity index (χ0) is 15.6. The third-order valence-electron chi connectivity index (χ3n) is 2.91. The van der Waals surface area contributed by atoms with E-state index in [2.05, 4.69) is 5.10 Å². The average molecular weight is 307 g/mol. The van der Waals surface area contributed by atoms with Gasteiger partial charge in [0, 0.05) is 13.1 Å². The molecule has 0 unspecified atom stereocenters. The smallest absolute Gasteiger partial charge is 0.312 e. The molecule has 108 valence electrons. The van der Waals surface area contributed by atoms with Crippen LogP contribution in [0.25, 0.3) is 0 Å². The van der Waals surface area contributed by atoms with Crippen molar-refractivity contribution in [2.24, 2.45) is 7.05 Å². The van der Waals surface area contributed by atoms with E-state index in [0.717, 1.165) is 0 Å². The molecule has 0 aliphatic heterocycles. The highest BCUT2D eigenvalue weighted by Crippen LogP contribution is 2.29. The van der Waals surface area contributed by atoms with Crippen LogP contribution in [-0.4, -0.2) is 14.7 Å². The van der Waals surface area contributed by atoms with Gasteiger partial charge in [-0.3, -0.25) is 14.8 Å². The lowest BCUT2D eigenvalue weighted by atomic mass is 10.2. The van der Waals surface area contributed by atoms with E-state index in [1.807, 2.05) is 6.07 Å². The van der Waals surface area contributed by atoms with E-state index >= 15 is 0 Å². The Labute approximate surface area is 125 Å². The van der Waals surface area contributed by atoms with Gasteiger partial charge in [0.05, 0.1) is 33.0 Å². The largest absolute Gasteiger partial charge is 0.480 e. The van der Waals surface area contributed by atoms with Gasteiger partial charge in [0.15, 0.2) is 5.75 Å². The molecule has 1 heterocycles. The molecule has 7 nitrogen and oxygen atoms in total. The van der Waals surface area contributed by atoms with Gasteiger partial charge in [0.1, 0.15) is 6.61 Å². The second kappa shape index (κ2) is 5.81. The van der Waals surface area contributed by atoms with E-state index in [1.165, 1.54) is 18.2 Å². The molecule has 8 heteroatoms. The van der Waals surface area contributed by atoms with Crippen molar-refractivity contribution in [3.05, 3.63) is 50.3 Å². The molecule has 2 aromatic rings. The maximum atomic E-state index is 11.0. The normalized spacial score (nSPS) is 10.2. The fourth-order valence-electron chi connectivity index (χ4n) is 1.83. The summed E-state index contributed by atoms with van der Waals surface area (Å²) in [6.07, 6.45) is 0. The van der Waals surface area contributed by atoms with Gasteiger partial charge in [-0.1, -0.05) is 11.6 Å². The summed E-state index contributed by atoms with van der Waals surface area (Å²) in [6, 6.07) is 5.88. The first-order valence-electron chi connectivity index (χ1n) is 5.93. The Morgan fingerprint density at radius 3 is 2.81 bits per heavy atom. The molecule has 1 aromatic carbocycles. The number of nitro benzene ring substituents is 1. The number of nitro groups is 1. The van der Waals surface area contributed by atoms with E-state index in [1.54, 1.807) is 18.7 Å². The minimum Gasteiger partial charge on any atom is -0.480 e. The predicted molar refractivity (Wildman–Crippen MR) is 75.1 cm³/mol. The highest BCUT2D eigenvalue weighted by atomic mass is 35.5. The number of hydrogen-bond acceptors (Lipinski definition) is 5. The van der Waals surface area contributed by atoms with Gasteiger partial charge < -0.3 is 4.74 Å². The molecular weight excluding hydrogens is 296 g/mol. The van der Waals surface area contributed by atoms with Crippen molar-refractivity contribution in [3.8, 4) is 11.8 Å². The number of nitriles is 1. The van der Waals surface area contributed by atoms with Gasteiger partial charge in [0.25, 0.3) is 0 Å². The Morgan fingerprint density at radius 2 is 2.29 bits per heavy atom. The molecule has 0 aliphatic carbocycles. The number of aryl methyl sites for hydroxylation is 2. The van der Waals surface area contributed by atoms with Crippen LogP contribution in [-0.2, 0) is 13.7 Å². The summed E-state index contributed by atoms with van der Waals surface area (Å²) in [6.45, 7) is 1.80. The average Bonchev–Trinajstić information content (AvgIpc) is 2.70. The van der Waals surface area contributed by atoms with Crippen molar-refractivity contribution >= 4 is 17.3 Å². The van der Waals surface area contributed by atoms with Crippen LogP contribution in [0.15, 0.2) is 18.2 Å². The standard InChI is InChI=1S/C13H11ClN4O3/c1-8-13(14)11(17(2)16-8)7-21-12-4-3-9(6-15)5-10(12)18(19)20/h3-5H,7H2,1-2H3. The molecule has 0 aliphatic rings. The van der Waals surface area contributed by atoms with Crippen LogP contribution in [0, 0.1) is 28.4 Å². The molecule has 1 aromatic heterocycles. The topological polar surface area (TPSA) is 94.0 Å². The number of benzene rings is 1. The Balaban J connectivity index is 2.28. The van der Waals surface area contributed by atoms with Gasteiger partial charge in [-0.15, -0.1) is 0 Å². The second-order valence-electron chi connectivity index (χ2n) is 4.31. The molecule has 0 spiro atoms. The van der Waals surface area contributed by atoms with Crippen molar-refractivity contribution in [2.75, 3.05) is 0 Å². The van der Waals surface area contributed by atoms with E-state index in [0.29, 0.717) is 16.4 Å². The van der Waals surface area contributed by atoms with Gasteiger partial charge in [-0.25, -0.2) is 0 Å². The molecule has 0 saturated carbocycles. The van der Waals surface area contributed by atoms with E-state index in [-0.39, 0.29) is 23.6 Å². The summed E-state index contributed by atoms with van der Waals surface area (Å²) in [7, 11) is 1.71. The maximum absolute atomic E-state index is 11.0.